The Kier molecular flexibility index (Phi) is 6.57. The zero-order valence-corrected chi connectivity index (χ0v) is 19.6. The Morgan fingerprint density at radius 2 is 1.82 bits per heavy atom. The first-order valence-electron chi connectivity index (χ1n) is 11.2. The maximum atomic E-state index is 14.1. The lowest BCUT2D eigenvalue weighted by atomic mass is 10.1. The van der Waals surface area contributed by atoms with Gasteiger partial charge in [0.2, 0.25) is 5.91 Å². The predicted octanol–water partition coefficient (Wildman–Crippen LogP) is 2.77. The van der Waals surface area contributed by atoms with Crippen LogP contribution in [-0.2, 0) is 11.2 Å². The Morgan fingerprint density at radius 1 is 1.09 bits per heavy atom. The molecule has 1 saturated heterocycles. The van der Waals surface area contributed by atoms with Gasteiger partial charge in [-0.3, -0.25) is 4.79 Å². The minimum atomic E-state index is -0.221. The van der Waals surface area contributed by atoms with Crippen LogP contribution >= 0.6 is 0 Å². The van der Waals surface area contributed by atoms with E-state index in [2.05, 4.69) is 15.1 Å². The number of carbonyl (C=O) groups excluding carboxylic acids is 1. The summed E-state index contributed by atoms with van der Waals surface area (Å²) in [7, 11) is 3.86. The number of rotatable bonds is 6. The summed E-state index contributed by atoms with van der Waals surface area (Å²) in [6, 6.07) is 8.68. The molecule has 1 amide bonds. The van der Waals surface area contributed by atoms with Crippen molar-refractivity contribution in [3.8, 4) is 5.82 Å². The first-order valence-corrected chi connectivity index (χ1v) is 11.2. The Morgan fingerprint density at radius 3 is 2.52 bits per heavy atom. The summed E-state index contributed by atoms with van der Waals surface area (Å²) in [6.07, 6.45) is 2.57. The van der Waals surface area contributed by atoms with Crippen molar-refractivity contribution in [2.24, 2.45) is 0 Å². The zero-order valence-electron chi connectivity index (χ0n) is 19.6. The van der Waals surface area contributed by atoms with E-state index in [1.165, 1.54) is 12.4 Å². The quantitative estimate of drug-likeness (QED) is 0.574. The molecule has 2 aromatic heterocycles. The fourth-order valence-electron chi connectivity index (χ4n) is 4.25. The molecule has 0 N–H and O–H groups in total. The molecule has 0 bridgehead atoms. The van der Waals surface area contributed by atoms with Gasteiger partial charge in [0, 0.05) is 58.5 Å². The van der Waals surface area contributed by atoms with Gasteiger partial charge in [-0.1, -0.05) is 12.1 Å². The van der Waals surface area contributed by atoms with Crippen LogP contribution in [0, 0.1) is 19.7 Å². The molecule has 8 nitrogen and oxygen atoms in total. The molecule has 0 atom stereocenters. The van der Waals surface area contributed by atoms with Gasteiger partial charge in [0.05, 0.1) is 11.4 Å². The van der Waals surface area contributed by atoms with Crippen LogP contribution in [0.5, 0.6) is 0 Å². The molecule has 3 aromatic rings. The molecule has 0 aliphatic carbocycles. The maximum Gasteiger partial charge on any atom is 0.223 e. The number of hydrogen-bond donors (Lipinski definition) is 0. The van der Waals surface area contributed by atoms with Gasteiger partial charge in [0.25, 0.3) is 0 Å². The molecule has 1 aliphatic heterocycles. The first kappa shape index (κ1) is 22.7. The lowest BCUT2D eigenvalue weighted by molar-refractivity contribution is -0.131. The molecule has 0 saturated carbocycles. The topological polar surface area (TPSA) is 70.4 Å². The van der Waals surface area contributed by atoms with Crippen LogP contribution in [0.3, 0.4) is 0 Å². The summed E-state index contributed by atoms with van der Waals surface area (Å²) in [5.41, 5.74) is 3.55. The SMILES string of the molecule is Cc1nn(-c2cc(N(C)C)ncn2)c(C)c1CCC(=O)N1CCN(c2ccccc2F)CC1. The normalized spacial score (nSPS) is 14.0. The second-order valence-corrected chi connectivity index (χ2v) is 8.51. The smallest absolute Gasteiger partial charge is 0.223 e. The average Bonchev–Trinajstić information content (AvgIpc) is 3.11. The summed E-state index contributed by atoms with van der Waals surface area (Å²) in [5, 5.41) is 4.66. The highest BCUT2D eigenvalue weighted by atomic mass is 19.1. The molecule has 4 rings (SSSR count). The molecule has 33 heavy (non-hydrogen) atoms. The number of carbonyl (C=O) groups is 1. The van der Waals surface area contributed by atoms with Gasteiger partial charge >= 0.3 is 0 Å². The number of piperazine rings is 1. The summed E-state index contributed by atoms with van der Waals surface area (Å²) < 4.78 is 15.9. The Balaban J connectivity index is 1.38. The third kappa shape index (κ3) is 4.81. The first-order chi connectivity index (χ1) is 15.8. The minimum absolute atomic E-state index is 0.117. The van der Waals surface area contributed by atoms with Crippen LogP contribution in [-0.4, -0.2) is 70.8 Å². The van der Waals surface area contributed by atoms with Crippen molar-refractivity contribution in [1.29, 1.82) is 0 Å². The van der Waals surface area contributed by atoms with Gasteiger partial charge in [-0.2, -0.15) is 5.10 Å². The summed E-state index contributed by atoms with van der Waals surface area (Å²) in [5.74, 6) is 1.41. The Bertz CT molecular complexity index is 1140. The van der Waals surface area contributed by atoms with E-state index in [0.717, 1.165) is 22.8 Å². The number of nitrogens with zero attached hydrogens (tertiary/aromatic N) is 7. The number of hydrogen-bond acceptors (Lipinski definition) is 6. The molecule has 3 heterocycles. The van der Waals surface area contributed by atoms with Crippen LogP contribution in [0.1, 0.15) is 23.4 Å². The molecule has 0 unspecified atom stereocenters. The highest BCUT2D eigenvalue weighted by molar-refractivity contribution is 5.77. The van der Waals surface area contributed by atoms with Gasteiger partial charge in [-0.05, 0) is 38.0 Å². The summed E-state index contributed by atoms with van der Waals surface area (Å²) >= 11 is 0. The molecule has 174 valence electrons. The standard InChI is InChI=1S/C24H30FN7O/c1-17-19(18(2)32(28-17)23-15-22(29(3)4)26-16-27-23)9-10-24(33)31-13-11-30(12-14-31)21-8-6-5-7-20(21)25/h5-8,15-16H,9-14H2,1-4H3. The van der Waals surface area contributed by atoms with Crippen molar-refractivity contribution < 1.29 is 9.18 Å². The number of amides is 1. The second-order valence-electron chi connectivity index (χ2n) is 8.51. The molecule has 1 aromatic carbocycles. The molecule has 9 heteroatoms. The molecule has 1 fully saturated rings. The number of aromatic nitrogens is 4. The largest absolute Gasteiger partial charge is 0.366 e. The van der Waals surface area contributed by atoms with E-state index in [9.17, 15) is 9.18 Å². The minimum Gasteiger partial charge on any atom is -0.366 e. The van der Waals surface area contributed by atoms with Gasteiger partial charge in [-0.25, -0.2) is 19.0 Å². The van der Waals surface area contributed by atoms with Crippen molar-refractivity contribution in [2.75, 3.05) is 50.1 Å². The van der Waals surface area contributed by atoms with Crippen molar-refractivity contribution in [2.45, 2.75) is 26.7 Å². The van der Waals surface area contributed by atoms with E-state index in [1.807, 2.05) is 59.5 Å². The highest BCUT2D eigenvalue weighted by Crippen LogP contribution is 2.22. The van der Waals surface area contributed by atoms with E-state index >= 15 is 0 Å². The Labute approximate surface area is 193 Å². The number of anilines is 2. The third-order valence-corrected chi connectivity index (χ3v) is 6.17. The van der Waals surface area contributed by atoms with Gasteiger partial charge < -0.3 is 14.7 Å². The summed E-state index contributed by atoms with van der Waals surface area (Å²) in [4.78, 5) is 27.3. The van der Waals surface area contributed by atoms with E-state index in [4.69, 9.17) is 0 Å². The van der Waals surface area contributed by atoms with Crippen molar-refractivity contribution in [1.82, 2.24) is 24.6 Å². The number of para-hydroxylation sites is 1. The second kappa shape index (κ2) is 9.56. The van der Waals surface area contributed by atoms with Crippen LogP contribution in [0.15, 0.2) is 36.7 Å². The lowest BCUT2D eigenvalue weighted by Gasteiger charge is -2.36. The summed E-state index contributed by atoms with van der Waals surface area (Å²) in [6.45, 7) is 6.42. The monoisotopic (exact) mass is 451 g/mol. The molecule has 0 spiro atoms. The van der Waals surface area contributed by atoms with E-state index in [1.54, 1.807) is 12.1 Å². The average molecular weight is 452 g/mol. The van der Waals surface area contributed by atoms with Crippen molar-refractivity contribution >= 4 is 17.4 Å². The van der Waals surface area contributed by atoms with Crippen molar-refractivity contribution in [3.63, 3.8) is 0 Å². The van der Waals surface area contributed by atoms with E-state index < -0.39 is 0 Å². The van der Waals surface area contributed by atoms with Crippen LogP contribution in [0.2, 0.25) is 0 Å². The molecular weight excluding hydrogens is 421 g/mol. The third-order valence-electron chi connectivity index (χ3n) is 6.17. The van der Waals surface area contributed by atoms with Crippen LogP contribution < -0.4 is 9.80 Å². The van der Waals surface area contributed by atoms with Gasteiger partial charge in [-0.15, -0.1) is 0 Å². The van der Waals surface area contributed by atoms with E-state index in [0.29, 0.717) is 50.5 Å². The Hall–Kier alpha value is -3.49. The zero-order chi connectivity index (χ0) is 23.5. The maximum absolute atomic E-state index is 14.1. The molecule has 0 radical (unpaired) electrons. The molecule has 1 aliphatic rings. The van der Waals surface area contributed by atoms with Gasteiger partial charge in [0.15, 0.2) is 5.82 Å². The number of halogens is 1. The van der Waals surface area contributed by atoms with Gasteiger partial charge in [0.1, 0.15) is 18.0 Å². The van der Waals surface area contributed by atoms with E-state index in [-0.39, 0.29) is 11.7 Å². The fraction of sp³-hybridized carbons (Fsp3) is 0.417. The fourth-order valence-corrected chi connectivity index (χ4v) is 4.25. The highest BCUT2D eigenvalue weighted by Gasteiger charge is 2.23. The van der Waals surface area contributed by atoms with Crippen LogP contribution in [0.4, 0.5) is 15.9 Å². The number of aryl methyl sites for hydroxylation is 1. The van der Waals surface area contributed by atoms with Crippen molar-refractivity contribution in [3.05, 3.63) is 59.4 Å². The molecular formula is C24H30FN7O. The van der Waals surface area contributed by atoms with Crippen LogP contribution in [0.25, 0.3) is 5.82 Å². The predicted molar refractivity (Wildman–Crippen MR) is 126 cm³/mol. The number of benzene rings is 1. The lowest BCUT2D eigenvalue weighted by Crippen LogP contribution is -2.49.